The van der Waals surface area contributed by atoms with Gasteiger partial charge in [0.2, 0.25) is 5.91 Å². The van der Waals surface area contributed by atoms with E-state index in [1.54, 1.807) is 7.05 Å². The fourth-order valence-corrected chi connectivity index (χ4v) is 2.80. The molecule has 1 heterocycles. The Bertz CT molecular complexity index is 466. The van der Waals surface area contributed by atoms with E-state index < -0.39 is 0 Å². The number of amides is 1. The molecule has 0 bridgehead atoms. The second-order valence-electron chi connectivity index (χ2n) is 4.80. The van der Waals surface area contributed by atoms with Gasteiger partial charge in [0.1, 0.15) is 0 Å². The minimum Gasteiger partial charge on any atom is -0.358 e. The quantitative estimate of drug-likeness (QED) is 0.895. The van der Waals surface area contributed by atoms with Crippen LogP contribution in [-0.2, 0) is 4.79 Å². The zero-order chi connectivity index (χ0) is 13.7. The van der Waals surface area contributed by atoms with Crippen molar-refractivity contribution in [2.24, 2.45) is 0 Å². The van der Waals surface area contributed by atoms with Crippen LogP contribution in [0.3, 0.4) is 0 Å². The summed E-state index contributed by atoms with van der Waals surface area (Å²) in [5.74, 6) is 0.0522. The molecule has 0 radical (unpaired) electrons. The summed E-state index contributed by atoms with van der Waals surface area (Å²) >= 11 is 0. The molecule has 1 fully saturated rings. The molecule has 1 aromatic rings. The maximum atomic E-state index is 11.9. The van der Waals surface area contributed by atoms with Gasteiger partial charge in [-0.25, -0.2) is 0 Å². The summed E-state index contributed by atoms with van der Waals surface area (Å²) < 4.78 is 0. The topological polar surface area (TPSA) is 56.1 Å². The van der Waals surface area contributed by atoms with Crippen molar-refractivity contribution >= 4 is 5.91 Å². The van der Waals surface area contributed by atoms with Gasteiger partial charge < -0.3 is 5.32 Å². The lowest BCUT2D eigenvalue weighted by Gasteiger charge is -2.31. The monoisotopic (exact) mass is 257 g/mol. The average molecular weight is 257 g/mol. The summed E-state index contributed by atoms with van der Waals surface area (Å²) in [5, 5.41) is 11.8. The Kier molecular flexibility index (Phi) is 4.53. The molecule has 4 heteroatoms. The van der Waals surface area contributed by atoms with E-state index in [1.807, 2.05) is 30.3 Å². The molecule has 1 aromatic carbocycles. The van der Waals surface area contributed by atoms with Gasteiger partial charge in [0.15, 0.2) is 0 Å². The summed E-state index contributed by atoms with van der Waals surface area (Å²) in [6.07, 6.45) is 2.29. The number of nitrogens with zero attached hydrogens (tertiary/aromatic N) is 2. The lowest BCUT2D eigenvalue weighted by molar-refractivity contribution is -0.125. The predicted molar refractivity (Wildman–Crippen MR) is 73.2 cm³/mol. The number of benzene rings is 1. The van der Waals surface area contributed by atoms with Crippen LogP contribution in [0.4, 0.5) is 0 Å². The molecule has 1 aliphatic rings. The SMILES string of the molecule is CNC(=O)C1CCCN1C(CC#N)c1ccccc1. The van der Waals surface area contributed by atoms with Crippen LogP contribution in [0.1, 0.15) is 30.9 Å². The number of hydrogen-bond donors (Lipinski definition) is 1. The number of likely N-dealkylation sites (tertiary alicyclic amines) is 1. The van der Waals surface area contributed by atoms with Gasteiger partial charge in [-0.2, -0.15) is 5.26 Å². The highest BCUT2D eigenvalue weighted by Crippen LogP contribution is 2.31. The zero-order valence-corrected chi connectivity index (χ0v) is 11.2. The van der Waals surface area contributed by atoms with Crippen LogP contribution in [0.15, 0.2) is 30.3 Å². The molecule has 19 heavy (non-hydrogen) atoms. The maximum Gasteiger partial charge on any atom is 0.237 e. The van der Waals surface area contributed by atoms with Crippen LogP contribution in [0, 0.1) is 11.3 Å². The van der Waals surface area contributed by atoms with Gasteiger partial charge in [0.05, 0.1) is 18.5 Å². The molecule has 1 N–H and O–H groups in total. The van der Waals surface area contributed by atoms with Crippen LogP contribution in [-0.4, -0.2) is 30.4 Å². The first kappa shape index (κ1) is 13.6. The molecule has 1 amide bonds. The van der Waals surface area contributed by atoms with Crippen LogP contribution in [0.5, 0.6) is 0 Å². The number of nitrogens with one attached hydrogen (secondary N) is 1. The van der Waals surface area contributed by atoms with Crippen molar-refractivity contribution in [2.75, 3.05) is 13.6 Å². The number of likely N-dealkylation sites (N-methyl/N-ethyl adjacent to an activating group) is 1. The van der Waals surface area contributed by atoms with Crippen molar-refractivity contribution < 1.29 is 4.79 Å². The highest BCUT2D eigenvalue weighted by molar-refractivity contribution is 5.81. The Morgan fingerprint density at radius 2 is 2.26 bits per heavy atom. The first-order valence-corrected chi connectivity index (χ1v) is 6.67. The number of hydrogen-bond acceptors (Lipinski definition) is 3. The average Bonchev–Trinajstić information content (AvgIpc) is 2.94. The van der Waals surface area contributed by atoms with Crippen molar-refractivity contribution in [3.63, 3.8) is 0 Å². The summed E-state index contributed by atoms with van der Waals surface area (Å²) in [5.41, 5.74) is 1.11. The summed E-state index contributed by atoms with van der Waals surface area (Å²) in [6.45, 7) is 0.874. The number of rotatable bonds is 4. The Balaban J connectivity index is 2.24. The van der Waals surface area contributed by atoms with Gasteiger partial charge in [-0.05, 0) is 24.9 Å². The molecule has 0 aromatic heterocycles. The molecule has 4 nitrogen and oxygen atoms in total. The van der Waals surface area contributed by atoms with Gasteiger partial charge in [0, 0.05) is 13.1 Å². The molecule has 100 valence electrons. The minimum atomic E-state index is -0.108. The maximum absolute atomic E-state index is 11.9. The van der Waals surface area contributed by atoms with E-state index in [0.717, 1.165) is 24.9 Å². The van der Waals surface area contributed by atoms with Crippen LogP contribution in [0.25, 0.3) is 0 Å². The lowest BCUT2D eigenvalue weighted by Crippen LogP contribution is -2.43. The molecule has 0 spiro atoms. The Morgan fingerprint density at radius 3 is 2.89 bits per heavy atom. The van der Waals surface area contributed by atoms with Gasteiger partial charge in [-0.3, -0.25) is 9.69 Å². The van der Waals surface area contributed by atoms with Crippen molar-refractivity contribution in [3.05, 3.63) is 35.9 Å². The van der Waals surface area contributed by atoms with Crippen LogP contribution < -0.4 is 5.32 Å². The van der Waals surface area contributed by atoms with Crippen molar-refractivity contribution in [2.45, 2.75) is 31.3 Å². The van der Waals surface area contributed by atoms with Crippen molar-refractivity contribution in [3.8, 4) is 6.07 Å². The van der Waals surface area contributed by atoms with Crippen molar-refractivity contribution in [1.29, 1.82) is 5.26 Å². The van der Waals surface area contributed by atoms with E-state index in [0.29, 0.717) is 6.42 Å². The summed E-state index contributed by atoms with van der Waals surface area (Å²) in [4.78, 5) is 14.1. The van der Waals surface area contributed by atoms with Gasteiger partial charge in [-0.1, -0.05) is 30.3 Å². The Morgan fingerprint density at radius 1 is 1.53 bits per heavy atom. The van der Waals surface area contributed by atoms with E-state index in [9.17, 15) is 4.79 Å². The minimum absolute atomic E-state index is 0.0102. The number of carbonyl (C=O) groups is 1. The standard InChI is InChI=1S/C15H19N3O/c1-17-15(19)14-8-5-11-18(14)13(9-10-16)12-6-3-2-4-7-12/h2-4,6-7,13-14H,5,8-9,11H2,1H3,(H,17,19). The summed E-state index contributed by atoms with van der Waals surface area (Å²) in [7, 11) is 1.67. The van der Waals surface area contributed by atoms with Crippen LogP contribution >= 0.6 is 0 Å². The normalized spacial score (nSPS) is 20.7. The van der Waals surface area contributed by atoms with E-state index >= 15 is 0 Å². The predicted octanol–water partition coefficient (Wildman–Crippen LogP) is 1.85. The lowest BCUT2D eigenvalue weighted by atomic mass is 10.0. The number of nitriles is 1. The van der Waals surface area contributed by atoms with Crippen LogP contribution in [0.2, 0.25) is 0 Å². The second-order valence-corrected chi connectivity index (χ2v) is 4.80. The van der Waals surface area contributed by atoms with E-state index in [-0.39, 0.29) is 18.0 Å². The molecule has 1 aliphatic heterocycles. The van der Waals surface area contributed by atoms with E-state index in [1.165, 1.54) is 0 Å². The molecular formula is C15H19N3O. The molecule has 0 aliphatic carbocycles. The van der Waals surface area contributed by atoms with E-state index in [4.69, 9.17) is 5.26 Å². The first-order chi connectivity index (χ1) is 9.27. The number of carbonyl (C=O) groups excluding carboxylic acids is 1. The van der Waals surface area contributed by atoms with Gasteiger partial charge in [0.25, 0.3) is 0 Å². The van der Waals surface area contributed by atoms with Gasteiger partial charge >= 0.3 is 0 Å². The molecule has 1 saturated heterocycles. The first-order valence-electron chi connectivity index (χ1n) is 6.67. The highest BCUT2D eigenvalue weighted by atomic mass is 16.2. The Hall–Kier alpha value is -1.86. The van der Waals surface area contributed by atoms with Crippen molar-refractivity contribution in [1.82, 2.24) is 10.2 Å². The third kappa shape index (κ3) is 2.94. The zero-order valence-electron chi connectivity index (χ0n) is 11.2. The molecule has 2 rings (SSSR count). The molecule has 2 unspecified atom stereocenters. The summed E-state index contributed by atoms with van der Waals surface area (Å²) in [6, 6.07) is 12.1. The molecule has 0 saturated carbocycles. The third-order valence-electron chi connectivity index (χ3n) is 3.71. The fourth-order valence-electron chi connectivity index (χ4n) is 2.80. The Labute approximate surface area is 114 Å². The van der Waals surface area contributed by atoms with Gasteiger partial charge in [-0.15, -0.1) is 0 Å². The fraction of sp³-hybridized carbons (Fsp3) is 0.467. The second kappa shape index (κ2) is 6.35. The smallest absolute Gasteiger partial charge is 0.237 e. The molecule has 2 atom stereocenters. The van der Waals surface area contributed by atoms with E-state index in [2.05, 4.69) is 16.3 Å². The highest BCUT2D eigenvalue weighted by Gasteiger charge is 2.35. The largest absolute Gasteiger partial charge is 0.358 e. The molecular weight excluding hydrogens is 238 g/mol. The third-order valence-corrected chi connectivity index (χ3v) is 3.71.